The SMILES string of the molecule is CCC1(OC(=O)C2C3OC4C(OC(=O)C42)C3OC(=O)CCC(=O)OCCC(F)C(F)(F)S(=O)(=O)[O-])C2CC3CC(C2)CC1C3. The van der Waals surface area contributed by atoms with E-state index in [4.69, 9.17) is 18.9 Å². The van der Waals surface area contributed by atoms with E-state index in [-0.39, 0.29) is 11.8 Å². The van der Waals surface area contributed by atoms with Gasteiger partial charge < -0.3 is 28.2 Å². The van der Waals surface area contributed by atoms with Crippen molar-refractivity contribution in [3.63, 3.8) is 0 Å². The molecule has 7 atom stereocenters. The topological polar surface area (TPSA) is 172 Å². The Balaban J connectivity index is 1.03. The molecule has 4 aliphatic carbocycles. The largest absolute Gasteiger partial charge is 0.743 e. The number of carbonyl (C=O) groups is 4. The van der Waals surface area contributed by atoms with Crippen molar-refractivity contribution in [3.8, 4) is 0 Å². The van der Waals surface area contributed by atoms with Gasteiger partial charge in [-0.3, -0.25) is 19.2 Å². The summed E-state index contributed by atoms with van der Waals surface area (Å²) in [6.07, 6.45) is -3.71. The summed E-state index contributed by atoms with van der Waals surface area (Å²) in [4.78, 5) is 51.1. The minimum atomic E-state index is -6.25. The molecule has 16 heteroatoms. The Morgan fingerprint density at radius 1 is 1.02 bits per heavy atom. The van der Waals surface area contributed by atoms with Crippen LogP contribution in [0.4, 0.5) is 13.2 Å². The van der Waals surface area contributed by atoms with Gasteiger partial charge in [-0.2, -0.15) is 8.78 Å². The quantitative estimate of drug-likeness (QED) is 0.171. The third-order valence-electron chi connectivity index (χ3n) is 10.7. The summed E-state index contributed by atoms with van der Waals surface area (Å²) < 4.78 is 99.1. The Hall–Kier alpha value is -2.46. The van der Waals surface area contributed by atoms with Crippen LogP contribution in [-0.2, 0) is 53.0 Å². The number of esters is 4. The minimum Gasteiger partial charge on any atom is -0.743 e. The third kappa shape index (κ3) is 5.08. The first kappa shape index (κ1) is 31.5. The summed E-state index contributed by atoms with van der Waals surface area (Å²) >= 11 is 0. The molecule has 0 aromatic rings. The normalized spacial score (nSPS) is 40.5. The number of ether oxygens (including phenoxy) is 5. The van der Waals surface area contributed by atoms with E-state index in [0.29, 0.717) is 18.3 Å². The summed E-state index contributed by atoms with van der Waals surface area (Å²) in [6, 6.07) is 0. The molecule has 12 nitrogen and oxygen atoms in total. The van der Waals surface area contributed by atoms with Gasteiger partial charge in [-0.05, 0) is 62.2 Å². The molecule has 44 heavy (non-hydrogen) atoms. The number of alkyl halides is 3. The van der Waals surface area contributed by atoms with Gasteiger partial charge in [-0.25, -0.2) is 12.8 Å². The van der Waals surface area contributed by atoms with Gasteiger partial charge in [-0.1, -0.05) is 6.92 Å². The number of halogens is 3. The van der Waals surface area contributed by atoms with Crippen molar-refractivity contribution in [3.05, 3.63) is 0 Å². The Bertz CT molecular complexity index is 1290. The summed E-state index contributed by atoms with van der Waals surface area (Å²) in [6.45, 7) is 1.05. The Labute approximate surface area is 251 Å². The van der Waals surface area contributed by atoms with Gasteiger partial charge in [0.25, 0.3) is 0 Å². The van der Waals surface area contributed by atoms with E-state index in [1.807, 2.05) is 6.92 Å². The molecule has 0 spiro atoms. The van der Waals surface area contributed by atoms with E-state index < -0.39 is 113 Å². The highest BCUT2D eigenvalue weighted by Crippen LogP contribution is 2.61. The highest BCUT2D eigenvalue weighted by atomic mass is 32.2. The van der Waals surface area contributed by atoms with Gasteiger partial charge in [0.2, 0.25) is 0 Å². The zero-order chi connectivity index (χ0) is 31.8. The molecule has 6 bridgehead atoms. The van der Waals surface area contributed by atoms with Crippen molar-refractivity contribution in [1.29, 1.82) is 0 Å². The van der Waals surface area contributed by atoms with Gasteiger partial charge in [0.1, 0.15) is 29.6 Å². The minimum absolute atomic E-state index is 0.260. The Morgan fingerprint density at radius 3 is 2.23 bits per heavy atom. The number of hydrogen-bond donors (Lipinski definition) is 0. The van der Waals surface area contributed by atoms with Gasteiger partial charge in [0.15, 0.2) is 28.5 Å². The molecule has 7 unspecified atom stereocenters. The first-order valence-corrected chi connectivity index (χ1v) is 16.5. The average molecular weight is 652 g/mol. The Morgan fingerprint density at radius 2 is 1.64 bits per heavy atom. The lowest BCUT2D eigenvalue weighted by Gasteiger charge is -2.60. The second-order valence-electron chi connectivity index (χ2n) is 13.0. The lowest BCUT2D eigenvalue weighted by molar-refractivity contribution is -0.217. The molecule has 246 valence electrons. The predicted octanol–water partition coefficient (Wildman–Crippen LogP) is 2.17. The van der Waals surface area contributed by atoms with E-state index in [0.717, 1.165) is 25.7 Å². The van der Waals surface area contributed by atoms with Crippen molar-refractivity contribution in [2.75, 3.05) is 6.61 Å². The highest BCUT2D eigenvalue weighted by molar-refractivity contribution is 7.86. The molecule has 0 amide bonds. The van der Waals surface area contributed by atoms with Crippen molar-refractivity contribution in [2.45, 2.75) is 106 Å². The molecular formula is C28H34F3O12S-. The molecule has 3 saturated heterocycles. The zero-order valence-electron chi connectivity index (χ0n) is 23.9. The number of fused-ring (bicyclic) bond motifs is 1. The predicted molar refractivity (Wildman–Crippen MR) is 136 cm³/mol. The standard InChI is InChI=1S/C28H35F3O12S/c1-2-27(14-8-12-7-13(10-14)11-15(27)9-12)43-26(35)20-19-21-24(42-25(19)34)23(22(20)41-21)40-18(33)4-3-17(32)39-6-5-16(29)28(30,31)44(36,37)38/h12-16,19-24H,2-11H2,1H3,(H,36,37,38)/p-1. The van der Waals surface area contributed by atoms with Crippen LogP contribution in [0.3, 0.4) is 0 Å². The molecule has 0 aromatic carbocycles. The molecule has 0 N–H and O–H groups in total. The summed E-state index contributed by atoms with van der Waals surface area (Å²) in [7, 11) is -6.25. The van der Waals surface area contributed by atoms with Crippen LogP contribution < -0.4 is 0 Å². The second kappa shape index (κ2) is 11.1. The number of hydrogen-bond acceptors (Lipinski definition) is 12. The first-order valence-electron chi connectivity index (χ1n) is 15.1. The van der Waals surface area contributed by atoms with E-state index in [2.05, 4.69) is 4.74 Å². The van der Waals surface area contributed by atoms with Crippen LogP contribution in [0.25, 0.3) is 0 Å². The lowest BCUT2D eigenvalue weighted by Crippen LogP contribution is -2.60. The van der Waals surface area contributed by atoms with Gasteiger partial charge >= 0.3 is 29.1 Å². The number of rotatable bonds is 12. The molecule has 7 aliphatic rings. The second-order valence-corrected chi connectivity index (χ2v) is 14.5. The van der Waals surface area contributed by atoms with Crippen molar-refractivity contribution >= 4 is 34.0 Å². The molecule has 3 heterocycles. The van der Waals surface area contributed by atoms with Crippen LogP contribution in [0.1, 0.15) is 64.7 Å². The third-order valence-corrected chi connectivity index (χ3v) is 11.6. The maximum atomic E-state index is 13.8. The average Bonchev–Trinajstić information content (AvgIpc) is 3.57. The van der Waals surface area contributed by atoms with Gasteiger partial charge in [-0.15, -0.1) is 0 Å². The highest BCUT2D eigenvalue weighted by Gasteiger charge is 2.72. The van der Waals surface area contributed by atoms with Crippen molar-refractivity contribution < 1.29 is 69.0 Å². The van der Waals surface area contributed by atoms with Crippen LogP contribution >= 0.6 is 0 Å². The molecule has 0 radical (unpaired) electrons. The zero-order valence-corrected chi connectivity index (χ0v) is 24.7. The fraction of sp³-hybridized carbons (Fsp3) is 0.857. The molecule has 7 fully saturated rings. The van der Waals surface area contributed by atoms with Crippen LogP contribution in [0, 0.1) is 35.5 Å². The monoisotopic (exact) mass is 651 g/mol. The van der Waals surface area contributed by atoms with E-state index in [1.165, 1.54) is 6.42 Å². The summed E-state index contributed by atoms with van der Waals surface area (Å²) in [5.41, 5.74) is -0.609. The molecular weight excluding hydrogens is 617 g/mol. The first-order chi connectivity index (χ1) is 20.7. The fourth-order valence-electron chi connectivity index (χ4n) is 8.88. The molecule has 7 rings (SSSR count). The number of carbonyl (C=O) groups excluding carboxylic acids is 4. The Kier molecular flexibility index (Phi) is 7.96. The van der Waals surface area contributed by atoms with Gasteiger partial charge in [0, 0.05) is 6.42 Å². The molecule has 3 aliphatic heterocycles. The van der Waals surface area contributed by atoms with Crippen LogP contribution in [-0.4, -0.2) is 84.9 Å². The molecule has 4 saturated carbocycles. The molecule has 0 aromatic heterocycles. The van der Waals surface area contributed by atoms with E-state index in [1.54, 1.807) is 0 Å². The van der Waals surface area contributed by atoms with Crippen LogP contribution in [0.5, 0.6) is 0 Å². The maximum Gasteiger partial charge on any atom is 0.364 e. The van der Waals surface area contributed by atoms with Gasteiger partial charge in [0.05, 0.1) is 19.4 Å². The summed E-state index contributed by atoms with van der Waals surface area (Å²) in [5, 5.41) is -5.19. The maximum absolute atomic E-state index is 13.8. The van der Waals surface area contributed by atoms with Crippen LogP contribution in [0.15, 0.2) is 0 Å². The lowest BCUT2D eigenvalue weighted by atomic mass is 9.49. The summed E-state index contributed by atoms with van der Waals surface area (Å²) in [5.74, 6) is -3.30. The van der Waals surface area contributed by atoms with Crippen molar-refractivity contribution in [1.82, 2.24) is 0 Å². The van der Waals surface area contributed by atoms with Crippen molar-refractivity contribution in [2.24, 2.45) is 35.5 Å². The van der Waals surface area contributed by atoms with E-state index >= 15 is 0 Å². The smallest absolute Gasteiger partial charge is 0.364 e. The fourth-order valence-corrected chi connectivity index (χ4v) is 9.31. The van der Waals surface area contributed by atoms with Crippen LogP contribution in [0.2, 0.25) is 0 Å². The van der Waals surface area contributed by atoms with E-state index in [9.17, 15) is 45.3 Å².